The molecule has 8 heteroatoms. The van der Waals surface area contributed by atoms with Crippen molar-refractivity contribution in [2.45, 2.75) is 0 Å². The monoisotopic (exact) mass is 300 g/mol. The average molecular weight is 300 g/mol. The molecule has 0 fully saturated rings. The number of nitrogens with zero attached hydrogens (tertiary/aromatic N) is 2. The van der Waals surface area contributed by atoms with Crippen LogP contribution < -0.4 is 10.6 Å². The minimum absolute atomic E-state index is 0.313. The molecule has 0 unspecified atom stereocenters. The highest BCUT2D eigenvalue weighted by Crippen LogP contribution is 2.16. The van der Waals surface area contributed by atoms with Gasteiger partial charge in [0, 0.05) is 11.4 Å². The first-order valence-corrected chi connectivity index (χ1v) is 6.25. The molecule has 0 saturated carbocycles. The third-order valence-electron chi connectivity index (χ3n) is 2.66. The molecule has 0 heterocycles. The van der Waals surface area contributed by atoms with E-state index in [-0.39, 0.29) is 5.82 Å². The molecule has 0 spiro atoms. The molecule has 8 nitrogen and oxygen atoms in total. The van der Waals surface area contributed by atoms with E-state index in [2.05, 4.69) is 10.6 Å². The van der Waals surface area contributed by atoms with Gasteiger partial charge in [0.05, 0.1) is 0 Å². The van der Waals surface area contributed by atoms with Gasteiger partial charge in [-0.05, 0) is 24.3 Å². The highest BCUT2D eigenvalue weighted by Gasteiger charge is 2.33. The van der Waals surface area contributed by atoms with Crippen molar-refractivity contribution in [2.75, 3.05) is 10.6 Å². The summed E-state index contributed by atoms with van der Waals surface area (Å²) in [4.78, 5) is 19.9. The fraction of sp³-hybridized carbons (Fsp3) is 0. The van der Waals surface area contributed by atoms with Crippen LogP contribution in [-0.2, 0) is 0 Å². The number of nitrogens with one attached hydrogen (secondary N) is 2. The van der Waals surface area contributed by atoms with E-state index >= 15 is 0 Å². The number of benzene rings is 2. The molecule has 112 valence electrons. The van der Waals surface area contributed by atoms with Crippen molar-refractivity contribution in [3.05, 3.63) is 92.5 Å². The first-order valence-electron chi connectivity index (χ1n) is 6.25. The molecule has 0 aliphatic rings. The molecule has 2 aromatic rings. The summed E-state index contributed by atoms with van der Waals surface area (Å²) >= 11 is 0. The van der Waals surface area contributed by atoms with Crippen LogP contribution >= 0.6 is 0 Å². The Morgan fingerprint density at radius 2 is 1.09 bits per heavy atom. The SMILES string of the molecule is O=[N+]([O-])C(=C(Nc1ccccc1)Nc1ccccc1)[N+](=O)[O-]. The fourth-order valence-electron chi connectivity index (χ4n) is 1.72. The van der Waals surface area contributed by atoms with Gasteiger partial charge >= 0.3 is 5.82 Å². The predicted molar refractivity (Wildman–Crippen MR) is 81.1 cm³/mol. The lowest BCUT2D eigenvalue weighted by Gasteiger charge is -2.10. The lowest BCUT2D eigenvalue weighted by molar-refractivity contribution is -0.617. The molecule has 0 atom stereocenters. The van der Waals surface area contributed by atoms with Gasteiger partial charge in [0.1, 0.15) is 9.85 Å². The molecule has 22 heavy (non-hydrogen) atoms. The fourth-order valence-corrected chi connectivity index (χ4v) is 1.72. The van der Waals surface area contributed by atoms with E-state index in [4.69, 9.17) is 0 Å². The smallest absolute Gasteiger partial charge is 0.330 e. The molecule has 2 rings (SSSR count). The summed E-state index contributed by atoms with van der Waals surface area (Å²) in [6.07, 6.45) is 0. The number of nitro groups is 2. The van der Waals surface area contributed by atoms with Gasteiger partial charge in [-0.25, -0.2) is 0 Å². The van der Waals surface area contributed by atoms with Crippen LogP contribution in [0, 0.1) is 20.2 Å². The van der Waals surface area contributed by atoms with Crippen LogP contribution in [-0.4, -0.2) is 9.85 Å². The number of anilines is 2. The van der Waals surface area contributed by atoms with Crippen molar-refractivity contribution in [3.63, 3.8) is 0 Å². The number of para-hydroxylation sites is 2. The zero-order valence-corrected chi connectivity index (χ0v) is 11.3. The molecule has 0 bridgehead atoms. The maximum absolute atomic E-state index is 11.0. The van der Waals surface area contributed by atoms with E-state index in [0.717, 1.165) is 0 Å². The van der Waals surface area contributed by atoms with E-state index < -0.39 is 15.7 Å². The minimum Gasteiger partial charge on any atom is -0.330 e. The number of rotatable bonds is 6. The summed E-state index contributed by atoms with van der Waals surface area (Å²) in [6, 6.07) is 16.9. The van der Waals surface area contributed by atoms with Crippen molar-refractivity contribution >= 4 is 11.4 Å². The molecule has 2 N–H and O–H groups in total. The molecule has 0 aromatic heterocycles. The predicted octanol–water partition coefficient (Wildman–Crippen LogP) is 2.89. The van der Waals surface area contributed by atoms with Crippen molar-refractivity contribution < 1.29 is 9.85 Å². The topological polar surface area (TPSA) is 110 Å². The average Bonchev–Trinajstić information content (AvgIpc) is 2.48. The summed E-state index contributed by atoms with van der Waals surface area (Å²) < 4.78 is 0. The summed E-state index contributed by atoms with van der Waals surface area (Å²) in [7, 11) is 0. The van der Waals surface area contributed by atoms with Crippen LogP contribution in [0.5, 0.6) is 0 Å². The Balaban J connectivity index is 2.42. The van der Waals surface area contributed by atoms with Gasteiger partial charge in [-0.3, -0.25) is 20.2 Å². The minimum atomic E-state index is -1.16. The van der Waals surface area contributed by atoms with E-state index in [1.165, 1.54) is 0 Å². The Kier molecular flexibility index (Phi) is 4.66. The highest BCUT2D eigenvalue weighted by atomic mass is 16.7. The summed E-state index contributed by atoms with van der Waals surface area (Å²) in [6.45, 7) is 0. The molecule has 0 aliphatic carbocycles. The van der Waals surface area contributed by atoms with Crippen LogP contribution in [0.25, 0.3) is 0 Å². The second-order valence-corrected chi connectivity index (χ2v) is 4.19. The Labute approximate surface area is 125 Å². The molecular formula is C14H12N4O4. The van der Waals surface area contributed by atoms with Crippen molar-refractivity contribution in [1.29, 1.82) is 0 Å². The maximum Gasteiger partial charge on any atom is 0.600 e. The second kappa shape index (κ2) is 6.84. The zero-order valence-electron chi connectivity index (χ0n) is 11.3. The third-order valence-corrected chi connectivity index (χ3v) is 2.66. The van der Waals surface area contributed by atoms with Crippen molar-refractivity contribution in [1.82, 2.24) is 0 Å². The molecular weight excluding hydrogens is 288 g/mol. The molecule has 0 amide bonds. The Morgan fingerprint density at radius 1 is 0.727 bits per heavy atom. The van der Waals surface area contributed by atoms with Crippen molar-refractivity contribution in [3.8, 4) is 0 Å². The third kappa shape index (κ3) is 3.79. The zero-order chi connectivity index (χ0) is 15.9. The first-order chi connectivity index (χ1) is 10.6. The van der Waals surface area contributed by atoms with Crippen LogP contribution in [0.4, 0.5) is 11.4 Å². The van der Waals surface area contributed by atoms with E-state index in [1.807, 2.05) is 0 Å². The van der Waals surface area contributed by atoms with E-state index in [9.17, 15) is 20.2 Å². The summed E-state index contributed by atoms with van der Waals surface area (Å²) in [5.74, 6) is -1.47. The Morgan fingerprint density at radius 3 is 1.41 bits per heavy atom. The van der Waals surface area contributed by atoms with Gasteiger partial charge in [0.15, 0.2) is 0 Å². The van der Waals surface area contributed by atoms with Gasteiger partial charge in [-0.1, -0.05) is 36.4 Å². The molecule has 0 aliphatic heterocycles. The molecule has 0 saturated heterocycles. The second-order valence-electron chi connectivity index (χ2n) is 4.19. The lowest BCUT2D eigenvalue weighted by atomic mass is 10.3. The van der Waals surface area contributed by atoms with Crippen LogP contribution in [0.15, 0.2) is 72.3 Å². The Hall–Kier alpha value is -3.42. The first kappa shape index (κ1) is 15.0. The standard InChI is InChI=1S/C14H12N4O4/c19-17(20)14(18(21)22)13(15-11-7-3-1-4-8-11)16-12-9-5-2-6-10-12/h1-10,15-16H. The summed E-state index contributed by atoms with van der Waals surface area (Å²) in [5, 5.41) is 27.3. The maximum atomic E-state index is 11.0. The van der Waals surface area contributed by atoms with Crippen molar-refractivity contribution in [2.24, 2.45) is 0 Å². The molecule has 0 radical (unpaired) electrons. The van der Waals surface area contributed by atoms with Gasteiger partial charge in [-0.2, -0.15) is 0 Å². The molecule has 2 aromatic carbocycles. The lowest BCUT2D eigenvalue weighted by Crippen LogP contribution is -2.21. The van der Waals surface area contributed by atoms with Gasteiger partial charge in [-0.15, -0.1) is 0 Å². The quantitative estimate of drug-likeness (QED) is 0.627. The normalized spacial score (nSPS) is 9.64. The summed E-state index contributed by atoms with van der Waals surface area (Å²) in [5.41, 5.74) is 0.976. The van der Waals surface area contributed by atoms with Crippen LogP contribution in [0.3, 0.4) is 0 Å². The van der Waals surface area contributed by atoms with Crippen LogP contribution in [0.1, 0.15) is 0 Å². The van der Waals surface area contributed by atoms with Gasteiger partial charge in [0.2, 0.25) is 0 Å². The largest absolute Gasteiger partial charge is 0.600 e. The van der Waals surface area contributed by atoms with Crippen LogP contribution in [0.2, 0.25) is 0 Å². The highest BCUT2D eigenvalue weighted by molar-refractivity contribution is 5.55. The van der Waals surface area contributed by atoms with E-state index in [0.29, 0.717) is 11.4 Å². The number of hydrogen-bond acceptors (Lipinski definition) is 6. The van der Waals surface area contributed by atoms with Gasteiger partial charge < -0.3 is 10.6 Å². The van der Waals surface area contributed by atoms with E-state index in [1.54, 1.807) is 60.7 Å². The van der Waals surface area contributed by atoms with Gasteiger partial charge in [0.25, 0.3) is 5.82 Å². The number of hydrogen-bond donors (Lipinski definition) is 2. The Bertz CT molecular complexity index is 642.